The summed E-state index contributed by atoms with van der Waals surface area (Å²) >= 11 is 0. The van der Waals surface area contributed by atoms with Gasteiger partial charge in [0.1, 0.15) is 35.4 Å². The lowest BCUT2D eigenvalue weighted by atomic mass is 9.86. The first-order valence-electron chi connectivity index (χ1n) is 25.3. The highest BCUT2D eigenvalue weighted by molar-refractivity contribution is 5.80. The number of pyridine rings is 2. The van der Waals surface area contributed by atoms with E-state index in [9.17, 15) is 46.1 Å². The number of nitrogens with zero attached hydrogens (tertiary/aromatic N) is 10. The average molecular weight is 1040 g/mol. The molecule has 2 aliphatic carbocycles. The van der Waals surface area contributed by atoms with Crippen LogP contribution in [0.2, 0.25) is 0 Å². The second-order valence-corrected chi connectivity index (χ2v) is 20.0. The van der Waals surface area contributed by atoms with Crippen LogP contribution in [0.1, 0.15) is 97.8 Å². The molecule has 4 aromatic rings. The number of ether oxygens (including phenoxy) is 2. The lowest BCUT2D eigenvalue weighted by Crippen LogP contribution is -2.38. The SMILES string of the molecule is COc1ncc(N2CCc3ncnc(N[C@H]4CCN(C(=O)[C@H]5CC[C@H](O)CC5)C4)c3C2)cc1C(F)(F)F.COc1ncc(N2CCc3ncnc(N[C@H]4CCN(C(=O)[C@H]5CC[C@H](O)CC5)C4)c3C2)cc1C(F)(F)F. The maximum atomic E-state index is 13.5. The van der Waals surface area contributed by atoms with Gasteiger partial charge in [0, 0.05) is 100 Å². The van der Waals surface area contributed by atoms with Crippen molar-refractivity contribution in [1.82, 2.24) is 39.7 Å². The van der Waals surface area contributed by atoms with Crippen molar-refractivity contribution < 1.29 is 55.6 Å². The van der Waals surface area contributed by atoms with Crippen LogP contribution in [-0.2, 0) is 47.9 Å². The molecule has 2 saturated heterocycles. The number of aliphatic hydroxyl groups is 2. The first-order valence-corrected chi connectivity index (χ1v) is 25.3. The van der Waals surface area contributed by atoms with Gasteiger partial charge in [-0.15, -0.1) is 0 Å². The topological polar surface area (TPSA) is 207 Å². The molecule has 8 heterocycles. The number of methoxy groups -OCH3 is 2. The van der Waals surface area contributed by atoms with Crippen molar-refractivity contribution in [3.63, 3.8) is 0 Å². The van der Waals surface area contributed by atoms with Gasteiger partial charge in [-0.05, 0) is 76.3 Å². The number of halogens is 6. The van der Waals surface area contributed by atoms with Gasteiger partial charge in [0.25, 0.3) is 0 Å². The number of carbonyl (C=O) groups is 2. The van der Waals surface area contributed by atoms with Crippen LogP contribution in [0.5, 0.6) is 11.8 Å². The van der Waals surface area contributed by atoms with Gasteiger partial charge < -0.3 is 49.9 Å². The number of likely N-dealkylation sites (tertiary alicyclic amines) is 2. The molecule has 0 radical (unpaired) electrons. The molecule has 6 aliphatic rings. The Morgan fingerprint density at radius 3 is 1.32 bits per heavy atom. The van der Waals surface area contributed by atoms with Gasteiger partial charge in [-0.2, -0.15) is 26.3 Å². The minimum Gasteiger partial charge on any atom is -0.481 e. The molecule has 0 spiro atoms. The zero-order chi connectivity index (χ0) is 52.3. The molecular weight excluding hydrogens is 979 g/mol. The number of alkyl halides is 6. The number of rotatable bonds is 10. The third-order valence-electron chi connectivity index (χ3n) is 15.2. The van der Waals surface area contributed by atoms with E-state index in [1.54, 1.807) is 0 Å². The molecule has 10 rings (SSSR count). The number of nitrogens with one attached hydrogen (secondary N) is 2. The fraction of sp³-hybridized carbons (Fsp3) is 0.600. The zero-order valence-corrected chi connectivity index (χ0v) is 41.3. The first-order chi connectivity index (χ1) is 35.4. The van der Waals surface area contributed by atoms with Gasteiger partial charge in [-0.25, -0.2) is 29.9 Å². The quantitative estimate of drug-likeness (QED) is 0.133. The first kappa shape index (κ1) is 52.6. The Hall–Kier alpha value is -6.30. The molecule has 2 saturated carbocycles. The summed E-state index contributed by atoms with van der Waals surface area (Å²) in [7, 11) is 2.34. The van der Waals surface area contributed by atoms with E-state index in [-0.39, 0.29) is 47.9 Å². The Balaban J connectivity index is 0.000000182. The Kier molecular flexibility index (Phi) is 15.8. The molecule has 4 N–H and O–H groups in total. The van der Waals surface area contributed by atoms with Crippen molar-refractivity contribution in [3.8, 4) is 11.8 Å². The highest BCUT2D eigenvalue weighted by Gasteiger charge is 2.39. The zero-order valence-electron chi connectivity index (χ0n) is 41.3. The number of carbonyl (C=O) groups excluding carboxylic acids is 2. The van der Waals surface area contributed by atoms with E-state index in [0.29, 0.717) is 114 Å². The van der Waals surface area contributed by atoms with Crippen LogP contribution in [0.3, 0.4) is 0 Å². The summed E-state index contributed by atoms with van der Waals surface area (Å²) in [5.41, 5.74) is 2.27. The fourth-order valence-electron chi connectivity index (χ4n) is 11.0. The lowest BCUT2D eigenvalue weighted by Gasteiger charge is -2.32. The molecular formula is C50H62F6N12O6. The van der Waals surface area contributed by atoms with Crippen molar-refractivity contribution in [1.29, 1.82) is 0 Å². The van der Waals surface area contributed by atoms with Crippen molar-refractivity contribution >= 4 is 34.8 Å². The predicted octanol–water partition coefficient (Wildman–Crippen LogP) is 6.05. The number of aromatic nitrogens is 6. The number of hydrogen-bond donors (Lipinski definition) is 4. The normalized spacial score (nSPS) is 24.1. The molecule has 400 valence electrons. The summed E-state index contributed by atoms with van der Waals surface area (Å²) in [6.07, 6.45) is 4.26. The third kappa shape index (κ3) is 12.0. The summed E-state index contributed by atoms with van der Waals surface area (Å²) in [6.45, 7) is 4.12. The summed E-state index contributed by atoms with van der Waals surface area (Å²) in [6, 6.07) is 2.18. The van der Waals surface area contributed by atoms with Crippen LogP contribution < -0.4 is 29.9 Å². The molecule has 4 aliphatic heterocycles. The lowest BCUT2D eigenvalue weighted by molar-refractivity contribution is -0.139. The van der Waals surface area contributed by atoms with Crippen LogP contribution in [0.4, 0.5) is 49.4 Å². The van der Waals surface area contributed by atoms with Crippen molar-refractivity contribution in [3.05, 3.63) is 70.8 Å². The minimum atomic E-state index is -4.58. The van der Waals surface area contributed by atoms with E-state index < -0.39 is 35.2 Å². The Morgan fingerprint density at radius 2 is 0.959 bits per heavy atom. The van der Waals surface area contributed by atoms with E-state index in [0.717, 1.165) is 73.2 Å². The number of amides is 2. The van der Waals surface area contributed by atoms with Gasteiger partial charge in [-0.1, -0.05) is 0 Å². The Labute approximate surface area is 424 Å². The third-order valence-corrected chi connectivity index (χ3v) is 15.2. The van der Waals surface area contributed by atoms with Crippen LogP contribution in [0.15, 0.2) is 37.2 Å². The van der Waals surface area contributed by atoms with Crippen molar-refractivity contribution in [2.24, 2.45) is 11.8 Å². The maximum absolute atomic E-state index is 13.5. The summed E-state index contributed by atoms with van der Waals surface area (Å²) in [5.74, 6) is 0.636. The fourth-order valence-corrected chi connectivity index (χ4v) is 11.0. The second-order valence-electron chi connectivity index (χ2n) is 20.0. The Bertz CT molecular complexity index is 2460. The molecule has 24 heteroatoms. The van der Waals surface area contributed by atoms with Gasteiger partial charge in [0.2, 0.25) is 23.6 Å². The number of hydrogen-bond acceptors (Lipinski definition) is 16. The highest BCUT2D eigenvalue weighted by atomic mass is 19.4. The smallest absolute Gasteiger partial charge is 0.421 e. The molecule has 18 nitrogen and oxygen atoms in total. The van der Waals surface area contributed by atoms with E-state index >= 15 is 0 Å². The maximum Gasteiger partial charge on any atom is 0.421 e. The van der Waals surface area contributed by atoms with Crippen LogP contribution in [0.25, 0.3) is 0 Å². The van der Waals surface area contributed by atoms with Gasteiger partial charge in [0.15, 0.2) is 0 Å². The van der Waals surface area contributed by atoms with Crippen LogP contribution >= 0.6 is 0 Å². The molecule has 74 heavy (non-hydrogen) atoms. The standard InChI is InChI=1S/2C25H31F3N6O3/c2*1-37-23-20(25(26,27)28)10-17(11-29-23)33-9-7-21-19(13-33)22(31-14-30-21)32-16-6-8-34(12-16)24(36)15-2-4-18(35)5-3-15/h2*10-11,14-16,18,35H,2-9,12-13H2,1H3,(H,30,31,32)/t2*15-,16-,18-/m00/s1. The number of aliphatic hydroxyl groups excluding tert-OH is 2. The van der Waals surface area contributed by atoms with Gasteiger partial charge >= 0.3 is 12.4 Å². The van der Waals surface area contributed by atoms with E-state index in [2.05, 4.69) is 40.5 Å². The largest absolute Gasteiger partial charge is 0.481 e. The summed E-state index contributed by atoms with van der Waals surface area (Å²) in [5, 5.41) is 26.4. The minimum absolute atomic E-state index is 0.0204. The second kappa shape index (κ2) is 22.3. The van der Waals surface area contributed by atoms with E-state index in [1.807, 2.05) is 19.6 Å². The molecule has 2 amide bonds. The van der Waals surface area contributed by atoms with E-state index in [4.69, 9.17) is 9.47 Å². The molecule has 0 bridgehead atoms. The van der Waals surface area contributed by atoms with Crippen molar-refractivity contribution in [2.45, 2.75) is 127 Å². The Morgan fingerprint density at radius 1 is 0.568 bits per heavy atom. The average Bonchev–Trinajstić information content (AvgIpc) is 4.08. The molecule has 2 atom stereocenters. The van der Waals surface area contributed by atoms with Crippen LogP contribution in [0, 0.1) is 11.8 Å². The molecule has 4 fully saturated rings. The van der Waals surface area contributed by atoms with Crippen molar-refractivity contribution in [2.75, 3.05) is 73.9 Å². The highest BCUT2D eigenvalue weighted by Crippen LogP contribution is 2.40. The predicted molar refractivity (Wildman–Crippen MR) is 258 cm³/mol. The number of fused-ring (bicyclic) bond motifs is 2. The monoisotopic (exact) mass is 1040 g/mol. The van der Waals surface area contributed by atoms with E-state index in [1.165, 1.54) is 39.3 Å². The van der Waals surface area contributed by atoms with Crippen LogP contribution in [-0.4, -0.2) is 140 Å². The van der Waals surface area contributed by atoms with Gasteiger partial charge in [0.05, 0.1) is 61.6 Å². The molecule has 4 aromatic heterocycles. The number of anilines is 4. The molecule has 0 unspecified atom stereocenters. The summed E-state index contributed by atoms with van der Waals surface area (Å²) in [4.78, 5) is 58.8. The van der Waals surface area contributed by atoms with Gasteiger partial charge in [-0.3, -0.25) is 9.59 Å². The molecule has 0 aromatic carbocycles. The summed E-state index contributed by atoms with van der Waals surface area (Å²) < 4.78 is 90.8.